The summed E-state index contributed by atoms with van der Waals surface area (Å²) in [5.74, 6) is -0.315. The lowest BCUT2D eigenvalue weighted by molar-refractivity contribution is -0.121. The number of rotatable bonds is 5. The quantitative estimate of drug-likeness (QED) is 0.593. The number of carbonyl (C=O) groups excluding carboxylic acids is 2. The molecule has 0 radical (unpaired) electrons. The smallest absolute Gasteiger partial charge is 0.241 e. The average molecular weight is 225 g/mol. The van der Waals surface area contributed by atoms with Crippen LogP contribution in [0.15, 0.2) is 12.4 Å². The summed E-state index contributed by atoms with van der Waals surface area (Å²) in [7, 11) is 1.55. The first kappa shape index (κ1) is 12.2. The van der Waals surface area contributed by atoms with Crippen molar-refractivity contribution in [3.05, 3.63) is 12.4 Å². The molecule has 0 aromatic carbocycles. The normalized spacial score (nSPS) is 9.88. The van der Waals surface area contributed by atoms with Crippen molar-refractivity contribution < 1.29 is 9.59 Å². The molecule has 0 saturated carbocycles. The van der Waals surface area contributed by atoms with E-state index in [0.717, 1.165) is 0 Å². The zero-order chi connectivity index (χ0) is 12.0. The largest absolute Gasteiger partial charge is 0.358 e. The molecule has 88 valence electrons. The molecule has 1 heterocycles. The first-order valence-corrected chi connectivity index (χ1v) is 4.88. The molecule has 1 aromatic heterocycles. The zero-order valence-electron chi connectivity index (χ0n) is 9.06. The summed E-state index contributed by atoms with van der Waals surface area (Å²) in [6.07, 6.45) is 3.33. The summed E-state index contributed by atoms with van der Waals surface area (Å²) in [6.45, 7) is 0.432. The third kappa shape index (κ3) is 3.70. The van der Waals surface area contributed by atoms with E-state index in [1.165, 1.54) is 10.9 Å². The SMILES string of the molecule is CNC(=O)Cn1cc(NC(=O)CCN)cn1. The van der Waals surface area contributed by atoms with Crippen molar-refractivity contribution in [2.75, 3.05) is 18.9 Å². The first-order chi connectivity index (χ1) is 7.65. The Morgan fingerprint density at radius 2 is 2.25 bits per heavy atom. The van der Waals surface area contributed by atoms with Crippen molar-refractivity contribution >= 4 is 17.5 Å². The van der Waals surface area contributed by atoms with Crippen LogP contribution in [0.3, 0.4) is 0 Å². The molecule has 2 amide bonds. The van der Waals surface area contributed by atoms with Gasteiger partial charge in [0.1, 0.15) is 6.54 Å². The number of nitrogens with zero attached hydrogens (tertiary/aromatic N) is 2. The van der Waals surface area contributed by atoms with E-state index in [1.807, 2.05) is 0 Å². The third-order valence-corrected chi connectivity index (χ3v) is 1.87. The molecule has 0 aliphatic heterocycles. The minimum absolute atomic E-state index is 0.128. The van der Waals surface area contributed by atoms with Gasteiger partial charge in [0.05, 0.1) is 11.9 Å². The van der Waals surface area contributed by atoms with Crippen LogP contribution >= 0.6 is 0 Å². The lowest BCUT2D eigenvalue weighted by atomic mass is 10.4. The summed E-state index contributed by atoms with van der Waals surface area (Å²) < 4.78 is 1.44. The Kier molecular flexibility index (Phi) is 4.46. The Balaban J connectivity index is 2.51. The second kappa shape index (κ2) is 5.86. The minimum atomic E-state index is -0.165. The predicted octanol–water partition coefficient (Wildman–Crippen LogP) is -1.08. The molecular weight excluding hydrogens is 210 g/mol. The maximum absolute atomic E-state index is 11.2. The number of hydrogen-bond acceptors (Lipinski definition) is 4. The van der Waals surface area contributed by atoms with Gasteiger partial charge < -0.3 is 16.4 Å². The summed E-state index contributed by atoms with van der Waals surface area (Å²) in [4.78, 5) is 22.2. The number of aromatic nitrogens is 2. The van der Waals surface area contributed by atoms with Crippen molar-refractivity contribution in [1.29, 1.82) is 0 Å². The van der Waals surface area contributed by atoms with Crippen LogP contribution in [0, 0.1) is 0 Å². The highest BCUT2D eigenvalue weighted by Gasteiger charge is 2.05. The fourth-order valence-corrected chi connectivity index (χ4v) is 1.10. The highest BCUT2D eigenvalue weighted by Crippen LogP contribution is 2.04. The van der Waals surface area contributed by atoms with E-state index in [2.05, 4.69) is 15.7 Å². The van der Waals surface area contributed by atoms with E-state index in [4.69, 9.17) is 5.73 Å². The Hall–Kier alpha value is -1.89. The maximum atomic E-state index is 11.2. The van der Waals surface area contributed by atoms with Crippen LogP contribution in [0.5, 0.6) is 0 Å². The number of nitrogens with two attached hydrogens (primary N) is 1. The molecule has 0 bridgehead atoms. The number of amides is 2. The molecule has 0 atom stereocenters. The molecule has 1 aromatic rings. The molecule has 0 aliphatic carbocycles. The number of hydrogen-bond donors (Lipinski definition) is 3. The van der Waals surface area contributed by atoms with Crippen LogP contribution in [0.25, 0.3) is 0 Å². The van der Waals surface area contributed by atoms with Gasteiger partial charge in [-0.3, -0.25) is 14.3 Å². The van der Waals surface area contributed by atoms with Gasteiger partial charge in [-0.1, -0.05) is 0 Å². The number of nitrogens with one attached hydrogen (secondary N) is 2. The molecule has 1 rings (SSSR count). The standard InChI is InChI=1S/C9H15N5O2/c1-11-9(16)6-14-5-7(4-12-14)13-8(15)2-3-10/h4-5H,2-3,6,10H2,1H3,(H,11,16)(H,13,15). The summed E-state index contributed by atoms with van der Waals surface area (Å²) in [5.41, 5.74) is 5.80. The number of anilines is 1. The van der Waals surface area contributed by atoms with Gasteiger partial charge in [-0.2, -0.15) is 5.10 Å². The number of carbonyl (C=O) groups is 2. The van der Waals surface area contributed by atoms with Crippen molar-refractivity contribution in [2.24, 2.45) is 5.73 Å². The van der Waals surface area contributed by atoms with Crippen molar-refractivity contribution in [3.63, 3.8) is 0 Å². The second-order valence-corrected chi connectivity index (χ2v) is 3.19. The van der Waals surface area contributed by atoms with E-state index < -0.39 is 0 Å². The first-order valence-electron chi connectivity index (χ1n) is 4.88. The molecule has 7 heteroatoms. The molecule has 0 unspecified atom stereocenters. The highest BCUT2D eigenvalue weighted by atomic mass is 16.2. The van der Waals surface area contributed by atoms with Gasteiger partial charge in [0.25, 0.3) is 0 Å². The predicted molar refractivity (Wildman–Crippen MR) is 58.6 cm³/mol. The minimum Gasteiger partial charge on any atom is -0.358 e. The van der Waals surface area contributed by atoms with Gasteiger partial charge in [-0.15, -0.1) is 0 Å². The molecule has 0 spiro atoms. The molecular formula is C9H15N5O2. The van der Waals surface area contributed by atoms with E-state index in [9.17, 15) is 9.59 Å². The zero-order valence-corrected chi connectivity index (χ0v) is 9.06. The monoisotopic (exact) mass is 225 g/mol. The van der Waals surface area contributed by atoms with Crippen LogP contribution in [0.1, 0.15) is 6.42 Å². The number of likely N-dealkylation sites (N-methyl/N-ethyl adjacent to an activating group) is 1. The second-order valence-electron chi connectivity index (χ2n) is 3.19. The van der Waals surface area contributed by atoms with Crippen LogP contribution in [-0.2, 0) is 16.1 Å². The fourth-order valence-electron chi connectivity index (χ4n) is 1.10. The summed E-state index contributed by atoms with van der Waals surface area (Å²) >= 11 is 0. The lowest BCUT2D eigenvalue weighted by Crippen LogP contribution is -2.23. The average Bonchev–Trinajstić information content (AvgIpc) is 2.65. The Morgan fingerprint density at radius 3 is 2.88 bits per heavy atom. The topological polar surface area (TPSA) is 102 Å². The van der Waals surface area contributed by atoms with Gasteiger partial charge in [0.15, 0.2) is 0 Å². The van der Waals surface area contributed by atoms with Crippen LogP contribution in [0.2, 0.25) is 0 Å². The molecule has 4 N–H and O–H groups in total. The van der Waals surface area contributed by atoms with E-state index in [0.29, 0.717) is 12.2 Å². The van der Waals surface area contributed by atoms with Crippen molar-refractivity contribution in [2.45, 2.75) is 13.0 Å². The summed E-state index contributed by atoms with van der Waals surface area (Å²) in [6, 6.07) is 0. The molecule has 0 aliphatic rings. The lowest BCUT2D eigenvalue weighted by Gasteiger charge is -2.00. The Morgan fingerprint density at radius 1 is 1.50 bits per heavy atom. The fraction of sp³-hybridized carbons (Fsp3) is 0.444. The van der Waals surface area contributed by atoms with E-state index >= 15 is 0 Å². The molecule has 7 nitrogen and oxygen atoms in total. The highest BCUT2D eigenvalue weighted by molar-refractivity contribution is 5.90. The van der Waals surface area contributed by atoms with Gasteiger partial charge in [-0.25, -0.2) is 0 Å². The summed E-state index contributed by atoms with van der Waals surface area (Å²) in [5, 5.41) is 9.03. The van der Waals surface area contributed by atoms with Gasteiger partial charge >= 0.3 is 0 Å². The third-order valence-electron chi connectivity index (χ3n) is 1.87. The Labute approximate surface area is 93.0 Å². The van der Waals surface area contributed by atoms with Crippen molar-refractivity contribution in [3.8, 4) is 0 Å². The van der Waals surface area contributed by atoms with Crippen LogP contribution in [-0.4, -0.2) is 35.2 Å². The van der Waals surface area contributed by atoms with Crippen molar-refractivity contribution in [1.82, 2.24) is 15.1 Å². The van der Waals surface area contributed by atoms with E-state index in [-0.39, 0.29) is 24.8 Å². The Bertz CT molecular complexity index is 374. The van der Waals surface area contributed by atoms with Crippen LogP contribution < -0.4 is 16.4 Å². The molecule has 0 saturated heterocycles. The molecule has 16 heavy (non-hydrogen) atoms. The van der Waals surface area contributed by atoms with Gasteiger partial charge in [0.2, 0.25) is 11.8 Å². The van der Waals surface area contributed by atoms with Gasteiger partial charge in [-0.05, 0) is 0 Å². The maximum Gasteiger partial charge on any atom is 0.241 e. The molecule has 0 fully saturated rings. The van der Waals surface area contributed by atoms with E-state index in [1.54, 1.807) is 13.2 Å². The van der Waals surface area contributed by atoms with Gasteiger partial charge in [0, 0.05) is 26.2 Å². The van der Waals surface area contributed by atoms with Crippen LogP contribution in [0.4, 0.5) is 5.69 Å².